The molecule has 3 aromatic carbocycles. The molecule has 0 bridgehead atoms. The first kappa shape index (κ1) is 25.5. The van der Waals surface area contributed by atoms with Crippen molar-refractivity contribution >= 4 is 11.5 Å². The van der Waals surface area contributed by atoms with Gasteiger partial charge < -0.3 is 25.2 Å². The number of aromatic hydroxyl groups is 1. The molecule has 0 radical (unpaired) electrons. The Morgan fingerprint density at radius 2 is 1.66 bits per heavy atom. The van der Waals surface area contributed by atoms with Crippen LogP contribution in [0.25, 0.3) is 11.1 Å². The highest BCUT2D eigenvalue weighted by Crippen LogP contribution is 2.28. The van der Waals surface area contributed by atoms with Crippen LogP contribution in [0.4, 0.5) is 11.5 Å². The Bertz CT molecular complexity index is 1350. The Morgan fingerprint density at radius 3 is 2.34 bits per heavy atom. The van der Waals surface area contributed by atoms with Crippen LogP contribution in [0, 0.1) is 0 Å². The van der Waals surface area contributed by atoms with Crippen molar-refractivity contribution in [1.29, 1.82) is 0 Å². The van der Waals surface area contributed by atoms with E-state index < -0.39 is 5.72 Å². The lowest BCUT2D eigenvalue weighted by atomic mass is 9.99. The van der Waals surface area contributed by atoms with Gasteiger partial charge in [0.2, 0.25) is 0 Å². The molecule has 5 rings (SSSR count). The molecule has 1 aliphatic rings. The molecule has 0 amide bonds. The average molecular weight is 512 g/mol. The molecule has 1 unspecified atom stereocenters. The zero-order valence-electron chi connectivity index (χ0n) is 21.7. The smallest absolute Gasteiger partial charge is 0.178 e. The standard InChI is InChI=1S/C30H33N5O3/c1-30(37,31-24-10-12-26(38-2)13-11-24)28-14-15-29(33-32-28)35-18-16-34(17-19-35)21-23-6-3-4-9-27(23)22-7-5-8-25(36)20-22/h3-15,20,31,36-37H,16-19,21H2,1-2H3. The van der Waals surface area contributed by atoms with Crippen molar-refractivity contribution in [2.75, 3.05) is 43.5 Å². The van der Waals surface area contributed by atoms with Gasteiger partial charge in [0.05, 0.1) is 7.11 Å². The molecule has 8 heteroatoms. The van der Waals surface area contributed by atoms with E-state index in [-0.39, 0.29) is 5.75 Å². The number of benzene rings is 3. The minimum Gasteiger partial charge on any atom is -0.508 e. The Hall–Kier alpha value is -4.14. The van der Waals surface area contributed by atoms with Gasteiger partial charge in [0.25, 0.3) is 0 Å². The maximum Gasteiger partial charge on any atom is 0.178 e. The topological polar surface area (TPSA) is 94.0 Å². The van der Waals surface area contributed by atoms with Crippen LogP contribution in [0.5, 0.6) is 11.5 Å². The number of nitrogens with one attached hydrogen (secondary N) is 1. The van der Waals surface area contributed by atoms with Crippen LogP contribution in [0.2, 0.25) is 0 Å². The predicted molar refractivity (Wildman–Crippen MR) is 149 cm³/mol. The maximum absolute atomic E-state index is 11.0. The van der Waals surface area contributed by atoms with Gasteiger partial charge in [-0.25, -0.2) is 0 Å². The quantitative estimate of drug-likeness (QED) is 0.299. The van der Waals surface area contributed by atoms with Gasteiger partial charge in [-0.15, -0.1) is 10.2 Å². The maximum atomic E-state index is 11.0. The SMILES string of the molecule is COc1ccc(NC(C)(O)c2ccc(N3CCN(Cc4ccccc4-c4cccc(O)c4)CC3)nn2)cc1. The van der Waals surface area contributed by atoms with Gasteiger partial charge in [-0.1, -0.05) is 36.4 Å². The fourth-order valence-electron chi connectivity index (χ4n) is 4.76. The van der Waals surface area contributed by atoms with E-state index >= 15 is 0 Å². The van der Waals surface area contributed by atoms with E-state index in [1.165, 1.54) is 5.56 Å². The minimum absolute atomic E-state index is 0.274. The molecule has 38 heavy (non-hydrogen) atoms. The minimum atomic E-state index is -1.37. The molecule has 3 N–H and O–H groups in total. The fraction of sp³-hybridized carbons (Fsp3) is 0.267. The Balaban J connectivity index is 1.19. The number of rotatable bonds is 8. The van der Waals surface area contributed by atoms with Crippen molar-refractivity contribution in [2.45, 2.75) is 19.2 Å². The highest BCUT2D eigenvalue weighted by Gasteiger charge is 2.26. The second-order valence-corrected chi connectivity index (χ2v) is 9.67. The number of hydrogen-bond donors (Lipinski definition) is 3. The van der Waals surface area contributed by atoms with E-state index in [1.54, 1.807) is 20.1 Å². The fourth-order valence-corrected chi connectivity index (χ4v) is 4.76. The summed E-state index contributed by atoms with van der Waals surface area (Å²) >= 11 is 0. The summed E-state index contributed by atoms with van der Waals surface area (Å²) in [6.45, 7) is 5.97. The number of ether oxygens (including phenoxy) is 1. The number of anilines is 2. The third-order valence-electron chi connectivity index (χ3n) is 6.89. The number of aliphatic hydroxyl groups is 1. The van der Waals surface area contributed by atoms with E-state index in [0.29, 0.717) is 5.69 Å². The third kappa shape index (κ3) is 5.88. The molecule has 1 saturated heterocycles. The van der Waals surface area contributed by atoms with E-state index in [4.69, 9.17) is 4.74 Å². The van der Waals surface area contributed by atoms with Gasteiger partial charge >= 0.3 is 0 Å². The van der Waals surface area contributed by atoms with Crippen molar-refractivity contribution in [3.63, 3.8) is 0 Å². The van der Waals surface area contributed by atoms with Gasteiger partial charge in [0, 0.05) is 38.4 Å². The highest BCUT2D eigenvalue weighted by molar-refractivity contribution is 5.68. The molecule has 1 atom stereocenters. The van der Waals surface area contributed by atoms with Crippen molar-refractivity contribution in [1.82, 2.24) is 15.1 Å². The molecule has 1 aliphatic heterocycles. The molecule has 196 valence electrons. The number of nitrogens with zero attached hydrogens (tertiary/aromatic N) is 4. The van der Waals surface area contributed by atoms with Gasteiger partial charge in [-0.05, 0) is 72.1 Å². The number of phenolic OH excluding ortho intramolecular Hbond substituents is 1. The van der Waals surface area contributed by atoms with E-state index in [1.807, 2.05) is 60.7 Å². The summed E-state index contributed by atoms with van der Waals surface area (Å²) in [5.74, 6) is 1.82. The first-order valence-electron chi connectivity index (χ1n) is 12.7. The van der Waals surface area contributed by atoms with Gasteiger partial charge in [-0.2, -0.15) is 0 Å². The number of phenols is 1. The first-order chi connectivity index (χ1) is 18.4. The van der Waals surface area contributed by atoms with Gasteiger partial charge in [-0.3, -0.25) is 4.90 Å². The molecule has 1 aromatic heterocycles. The lowest BCUT2D eigenvalue weighted by molar-refractivity contribution is 0.0830. The normalized spacial score (nSPS) is 15.6. The summed E-state index contributed by atoms with van der Waals surface area (Å²) in [5, 5.41) is 32.8. The Labute approximate surface area is 223 Å². The second-order valence-electron chi connectivity index (χ2n) is 9.67. The monoisotopic (exact) mass is 511 g/mol. The van der Waals surface area contributed by atoms with Crippen LogP contribution in [0.15, 0.2) is 84.9 Å². The summed E-state index contributed by atoms with van der Waals surface area (Å²) in [5.41, 5.74) is 3.22. The third-order valence-corrected chi connectivity index (χ3v) is 6.89. The van der Waals surface area contributed by atoms with Crippen molar-refractivity contribution in [3.05, 3.63) is 96.2 Å². The number of piperazine rings is 1. The summed E-state index contributed by atoms with van der Waals surface area (Å²) in [7, 11) is 1.62. The van der Waals surface area contributed by atoms with E-state index in [2.05, 4.69) is 43.5 Å². The molecule has 8 nitrogen and oxygen atoms in total. The summed E-state index contributed by atoms with van der Waals surface area (Å²) in [6, 6.07) is 26.9. The van der Waals surface area contributed by atoms with Crippen LogP contribution in [-0.2, 0) is 12.3 Å². The van der Waals surface area contributed by atoms with Crippen LogP contribution >= 0.6 is 0 Å². The number of hydrogen-bond acceptors (Lipinski definition) is 8. The van der Waals surface area contributed by atoms with Gasteiger partial charge in [0.1, 0.15) is 17.2 Å². The van der Waals surface area contributed by atoms with Crippen LogP contribution in [-0.4, -0.2) is 58.6 Å². The Kier molecular flexibility index (Phi) is 7.44. The zero-order chi connectivity index (χ0) is 26.5. The number of methoxy groups -OCH3 is 1. The molecular weight excluding hydrogens is 478 g/mol. The highest BCUT2D eigenvalue weighted by atomic mass is 16.5. The molecule has 0 aliphatic carbocycles. The molecule has 0 saturated carbocycles. The molecule has 4 aromatic rings. The summed E-state index contributed by atoms with van der Waals surface area (Å²) in [4.78, 5) is 4.66. The zero-order valence-corrected chi connectivity index (χ0v) is 21.7. The first-order valence-corrected chi connectivity index (χ1v) is 12.7. The van der Waals surface area contributed by atoms with Crippen LogP contribution < -0.4 is 15.0 Å². The Morgan fingerprint density at radius 1 is 0.895 bits per heavy atom. The van der Waals surface area contributed by atoms with Gasteiger partial charge in [0.15, 0.2) is 11.5 Å². The van der Waals surface area contributed by atoms with Crippen LogP contribution in [0.3, 0.4) is 0 Å². The van der Waals surface area contributed by atoms with E-state index in [0.717, 1.165) is 61.1 Å². The largest absolute Gasteiger partial charge is 0.508 e. The molecular formula is C30H33N5O3. The van der Waals surface area contributed by atoms with Crippen molar-refractivity contribution < 1.29 is 14.9 Å². The van der Waals surface area contributed by atoms with Crippen LogP contribution in [0.1, 0.15) is 18.2 Å². The van der Waals surface area contributed by atoms with Crippen molar-refractivity contribution in [3.8, 4) is 22.6 Å². The lowest BCUT2D eigenvalue weighted by Crippen LogP contribution is -2.46. The van der Waals surface area contributed by atoms with Crippen molar-refractivity contribution in [2.24, 2.45) is 0 Å². The van der Waals surface area contributed by atoms with E-state index in [9.17, 15) is 10.2 Å². The lowest BCUT2D eigenvalue weighted by Gasteiger charge is -2.35. The predicted octanol–water partition coefficient (Wildman–Crippen LogP) is 4.46. The number of aromatic nitrogens is 2. The molecule has 1 fully saturated rings. The summed E-state index contributed by atoms with van der Waals surface area (Å²) in [6.07, 6.45) is 0. The average Bonchev–Trinajstić information content (AvgIpc) is 2.94. The molecule has 2 heterocycles. The summed E-state index contributed by atoms with van der Waals surface area (Å²) < 4.78 is 5.19. The second kappa shape index (κ2) is 11.1. The molecule has 0 spiro atoms.